The lowest BCUT2D eigenvalue weighted by molar-refractivity contribution is -0.270. The van der Waals surface area contributed by atoms with Gasteiger partial charge in [0.15, 0.2) is 5.82 Å². The van der Waals surface area contributed by atoms with E-state index in [-0.39, 0.29) is 5.01 Å². The van der Waals surface area contributed by atoms with Crippen LogP contribution in [-0.4, -0.2) is 25.8 Å². The summed E-state index contributed by atoms with van der Waals surface area (Å²) in [5.41, 5.74) is -2.40. The fourth-order valence-electron chi connectivity index (χ4n) is 1.77. The van der Waals surface area contributed by atoms with Crippen molar-refractivity contribution in [3.63, 3.8) is 0 Å². The van der Waals surface area contributed by atoms with E-state index in [0.29, 0.717) is 5.69 Å². The van der Waals surface area contributed by atoms with E-state index in [1.165, 1.54) is 19.4 Å². The van der Waals surface area contributed by atoms with Crippen LogP contribution >= 0.6 is 11.3 Å². The van der Waals surface area contributed by atoms with Crippen molar-refractivity contribution in [3.8, 4) is 0 Å². The molecule has 2 aromatic rings. The average molecular weight is 291 g/mol. The number of imidazole rings is 1. The Balaban J connectivity index is 2.44. The zero-order valence-corrected chi connectivity index (χ0v) is 11.1. The molecule has 2 heterocycles. The smallest absolute Gasteiger partial charge is 0.374 e. The summed E-state index contributed by atoms with van der Waals surface area (Å²) in [7, 11) is 1.41. The Kier molecular flexibility index (Phi) is 3.40. The molecule has 0 aliphatic rings. The van der Waals surface area contributed by atoms with Gasteiger partial charge < -0.3 is 9.67 Å². The van der Waals surface area contributed by atoms with Crippen LogP contribution in [0.5, 0.6) is 0 Å². The van der Waals surface area contributed by atoms with Gasteiger partial charge in [-0.3, -0.25) is 0 Å². The minimum Gasteiger partial charge on any atom is -0.374 e. The van der Waals surface area contributed by atoms with Crippen LogP contribution in [0.25, 0.3) is 0 Å². The lowest BCUT2D eigenvalue weighted by atomic mass is 9.98. The zero-order valence-electron chi connectivity index (χ0n) is 10.3. The number of aryl methyl sites for hydroxylation is 2. The number of rotatable bonds is 3. The first-order chi connectivity index (χ1) is 8.74. The highest BCUT2D eigenvalue weighted by Crippen LogP contribution is 2.40. The Morgan fingerprint density at radius 3 is 2.53 bits per heavy atom. The lowest BCUT2D eigenvalue weighted by Gasteiger charge is -2.29. The summed E-state index contributed by atoms with van der Waals surface area (Å²) >= 11 is 1.09. The third-order valence-electron chi connectivity index (χ3n) is 2.73. The molecule has 2 aromatic heterocycles. The Bertz CT molecular complexity index is 578. The van der Waals surface area contributed by atoms with E-state index in [9.17, 15) is 18.3 Å². The Morgan fingerprint density at radius 2 is 2.11 bits per heavy atom. The van der Waals surface area contributed by atoms with Crippen LogP contribution in [-0.2, 0) is 19.1 Å². The molecule has 104 valence electrons. The molecule has 8 heteroatoms. The fraction of sp³-hybridized carbons (Fsp3) is 0.455. The first-order valence-electron chi connectivity index (χ1n) is 5.42. The van der Waals surface area contributed by atoms with Crippen molar-refractivity contribution < 1.29 is 18.3 Å². The molecule has 19 heavy (non-hydrogen) atoms. The molecule has 0 spiro atoms. The Morgan fingerprint density at radius 1 is 1.42 bits per heavy atom. The van der Waals surface area contributed by atoms with Crippen molar-refractivity contribution >= 4 is 11.3 Å². The van der Waals surface area contributed by atoms with Gasteiger partial charge in [-0.15, -0.1) is 11.3 Å². The maximum Gasteiger partial charge on any atom is 0.424 e. The van der Waals surface area contributed by atoms with E-state index >= 15 is 0 Å². The highest BCUT2D eigenvalue weighted by molar-refractivity contribution is 7.09. The molecule has 0 fully saturated rings. The quantitative estimate of drug-likeness (QED) is 0.943. The van der Waals surface area contributed by atoms with E-state index in [1.807, 2.05) is 0 Å². The minimum atomic E-state index is -4.83. The molecule has 0 aliphatic heterocycles. The molecular formula is C11H12F3N3OS. The van der Waals surface area contributed by atoms with Crippen LogP contribution in [0.3, 0.4) is 0 Å². The van der Waals surface area contributed by atoms with Crippen molar-refractivity contribution in [3.05, 3.63) is 34.3 Å². The third kappa shape index (κ3) is 2.50. The van der Waals surface area contributed by atoms with Crippen LogP contribution in [0.4, 0.5) is 13.2 Å². The van der Waals surface area contributed by atoms with Gasteiger partial charge in [0.05, 0.1) is 5.01 Å². The summed E-state index contributed by atoms with van der Waals surface area (Å²) in [5.74, 6) is -0.437. The molecule has 0 radical (unpaired) electrons. The van der Waals surface area contributed by atoms with E-state index in [4.69, 9.17) is 0 Å². The van der Waals surface area contributed by atoms with Crippen LogP contribution in [0.1, 0.15) is 16.5 Å². The Labute approximate surface area is 111 Å². The SMILES string of the molecule is Cc1csc(C[C@](O)(c2nccn2C)C(F)(F)F)n1. The number of aromatic nitrogens is 3. The average Bonchev–Trinajstić information content (AvgIpc) is 2.86. The second kappa shape index (κ2) is 4.61. The third-order valence-corrected chi connectivity index (χ3v) is 3.70. The number of thiazole rings is 1. The second-order valence-corrected chi connectivity index (χ2v) is 5.22. The summed E-state index contributed by atoms with van der Waals surface area (Å²) in [6, 6.07) is 0. The van der Waals surface area contributed by atoms with Crippen LogP contribution < -0.4 is 0 Å². The zero-order chi connectivity index (χ0) is 14.3. The summed E-state index contributed by atoms with van der Waals surface area (Å²) < 4.78 is 40.8. The molecule has 0 saturated carbocycles. The minimum absolute atomic E-state index is 0.223. The van der Waals surface area contributed by atoms with Gasteiger partial charge >= 0.3 is 6.18 Å². The topological polar surface area (TPSA) is 50.9 Å². The molecular weight excluding hydrogens is 279 g/mol. The first-order valence-corrected chi connectivity index (χ1v) is 6.30. The monoisotopic (exact) mass is 291 g/mol. The van der Waals surface area contributed by atoms with Crippen molar-refractivity contribution in [2.24, 2.45) is 7.05 Å². The summed E-state index contributed by atoms with van der Waals surface area (Å²) in [5, 5.41) is 12.0. The molecule has 0 aromatic carbocycles. The molecule has 1 atom stereocenters. The standard InChI is InChI=1S/C11H12F3N3OS/c1-7-6-19-8(16-7)5-10(18,11(12,13)14)9-15-3-4-17(9)2/h3-4,6,18H,5H2,1-2H3/t10-/m0/s1. The largest absolute Gasteiger partial charge is 0.424 e. The normalized spacial score (nSPS) is 15.5. The van der Waals surface area contributed by atoms with Crippen molar-refractivity contribution in [2.75, 3.05) is 0 Å². The summed E-state index contributed by atoms with van der Waals surface area (Å²) in [6.07, 6.45) is -2.89. The van der Waals surface area contributed by atoms with Gasteiger partial charge in [0, 0.05) is 36.9 Å². The highest BCUT2D eigenvalue weighted by Gasteiger charge is 2.57. The number of hydrogen-bond donors (Lipinski definition) is 1. The summed E-state index contributed by atoms with van der Waals surface area (Å²) in [4.78, 5) is 7.60. The number of hydrogen-bond acceptors (Lipinski definition) is 4. The molecule has 0 aliphatic carbocycles. The Hall–Kier alpha value is -1.41. The van der Waals surface area contributed by atoms with Crippen molar-refractivity contribution in [1.82, 2.24) is 14.5 Å². The molecule has 0 saturated heterocycles. The number of aliphatic hydroxyl groups is 1. The molecule has 0 amide bonds. The highest BCUT2D eigenvalue weighted by atomic mass is 32.1. The molecule has 2 rings (SSSR count). The predicted octanol–water partition coefficient (Wildman–Crippen LogP) is 2.18. The van der Waals surface area contributed by atoms with Crippen molar-refractivity contribution in [1.29, 1.82) is 0 Å². The van der Waals surface area contributed by atoms with Crippen molar-refractivity contribution in [2.45, 2.75) is 25.1 Å². The van der Waals surface area contributed by atoms with Gasteiger partial charge in [-0.25, -0.2) is 9.97 Å². The van der Waals surface area contributed by atoms with E-state index in [2.05, 4.69) is 9.97 Å². The number of nitrogens with zero attached hydrogens (tertiary/aromatic N) is 3. The summed E-state index contributed by atoms with van der Waals surface area (Å²) in [6.45, 7) is 1.69. The molecule has 1 N–H and O–H groups in total. The molecule has 4 nitrogen and oxygen atoms in total. The fourth-order valence-corrected chi connectivity index (χ4v) is 2.62. The maximum absolute atomic E-state index is 13.2. The van der Waals surface area contributed by atoms with Crippen LogP contribution in [0.2, 0.25) is 0 Å². The van der Waals surface area contributed by atoms with E-state index < -0.39 is 24.0 Å². The molecule has 0 unspecified atom stereocenters. The second-order valence-electron chi connectivity index (χ2n) is 4.28. The van der Waals surface area contributed by atoms with Gasteiger partial charge in [-0.2, -0.15) is 13.2 Å². The van der Waals surface area contributed by atoms with Gasteiger partial charge in [0.1, 0.15) is 0 Å². The van der Waals surface area contributed by atoms with E-state index in [0.717, 1.165) is 15.9 Å². The predicted molar refractivity (Wildman–Crippen MR) is 63.7 cm³/mol. The van der Waals surface area contributed by atoms with Crippen LogP contribution in [0, 0.1) is 6.92 Å². The van der Waals surface area contributed by atoms with Crippen LogP contribution in [0.15, 0.2) is 17.8 Å². The van der Waals surface area contributed by atoms with Gasteiger partial charge in [0.25, 0.3) is 0 Å². The van der Waals surface area contributed by atoms with Gasteiger partial charge in [0.2, 0.25) is 5.60 Å². The maximum atomic E-state index is 13.2. The number of alkyl halides is 3. The van der Waals surface area contributed by atoms with Gasteiger partial charge in [-0.05, 0) is 6.92 Å². The molecule has 0 bridgehead atoms. The van der Waals surface area contributed by atoms with E-state index in [1.54, 1.807) is 12.3 Å². The van der Waals surface area contributed by atoms with Gasteiger partial charge in [-0.1, -0.05) is 0 Å². The number of halogens is 3. The lowest BCUT2D eigenvalue weighted by Crippen LogP contribution is -2.46. The first kappa shape index (κ1) is 14.0.